The fourth-order valence-corrected chi connectivity index (χ4v) is 7.49. The number of alkyl halides is 1. The summed E-state index contributed by atoms with van der Waals surface area (Å²) in [5, 5.41) is 59.5. The molecule has 4 rings (SSSR count). The highest BCUT2D eigenvalue weighted by Crippen LogP contribution is 2.62. The Morgan fingerprint density at radius 2 is 1.90 bits per heavy atom. The van der Waals surface area contributed by atoms with Gasteiger partial charge in [-0.1, -0.05) is 6.58 Å². The summed E-state index contributed by atoms with van der Waals surface area (Å²) in [6, 6.07) is 0. The molecule has 2 fully saturated rings. The number of ether oxygens (including phenoxy) is 2. The molecule has 4 heterocycles. The zero-order valence-electron chi connectivity index (χ0n) is 21.1. The second-order valence-corrected chi connectivity index (χ2v) is 13.7. The number of aromatic nitrogens is 2. The van der Waals surface area contributed by atoms with E-state index in [1.165, 1.54) is 0 Å². The van der Waals surface area contributed by atoms with Crippen molar-refractivity contribution < 1.29 is 76.6 Å². The lowest BCUT2D eigenvalue weighted by molar-refractivity contribution is -0.292. The van der Waals surface area contributed by atoms with E-state index in [9.17, 15) is 39.9 Å². The molecule has 0 spiro atoms. The van der Waals surface area contributed by atoms with Crippen molar-refractivity contribution in [3.05, 3.63) is 30.8 Å². The van der Waals surface area contributed by atoms with Gasteiger partial charge in [-0.05, 0) is 17.9 Å². The van der Waals surface area contributed by atoms with Crippen LogP contribution in [0.15, 0.2) is 29.7 Å². The summed E-state index contributed by atoms with van der Waals surface area (Å²) in [7, 11) is -5.51. The van der Waals surface area contributed by atoms with E-state index < -0.39 is 88.5 Å². The van der Waals surface area contributed by atoms with E-state index in [2.05, 4.69) is 25.4 Å². The Kier molecular flexibility index (Phi) is 9.88. The third-order valence-electron chi connectivity index (χ3n) is 6.54. The second-order valence-electron chi connectivity index (χ2n) is 9.27. The molecule has 10 N–H and O–H groups in total. The Morgan fingerprint density at radius 1 is 1.21 bits per heavy atom. The number of aliphatic hydroxyl groups is 6. The topological polar surface area (TPSA) is 290 Å². The average molecular weight is 663 g/mol. The molecule has 42 heavy (non-hydrogen) atoms. The minimum Gasteiger partial charge on any atom is -0.458 e. The van der Waals surface area contributed by atoms with E-state index in [1.807, 2.05) is 0 Å². The fourth-order valence-electron chi connectivity index (χ4n) is 4.39. The third kappa shape index (κ3) is 6.45. The van der Waals surface area contributed by atoms with Gasteiger partial charge >= 0.3 is 14.5 Å². The van der Waals surface area contributed by atoms with Gasteiger partial charge < -0.3 is 64.6 Å². The number of hydrogen-bond donors (Lipinski definition) is 9. The summed E-state index contributed by atoms with van der Waals surface area (Å²) in [6.07, 6.45) is -14.1. The van der Waals surface area contributed by atoms with Gasteiger partial charge in [0.05, 0.1) is 19.5 Å². The standard InChI is InChI=1S/C20H28FN3O15P2S/c1-2-20(21)16(30)9(36-17(20)7-4-34-15-10(7)23-6-24-18(15)22)5-35-41(33,42)39-40(31,32)38-19-13(29)11(27)12(28)14(37-19)8(26)3-25/h2,4,6,8-9,11-14,16-17,19,25-30H,1,3,5H2,(H,31,32)(H,33,42)(H2,22,23,24)/t8-,9+,11?,12?,13?,14?,16+,17-,19?,20+,41?/m0/s1. The number of hydrogen-bond acceptors (Lipinski definition) is 17. The van der Waals surface area contributed by atoms with Gasteiger partial charge in [0, 0.05) is 5.56 Å². The van der Waals surface area contributed by atoms with E-state index >= 15 is 4.39 Å². The van der Waals surface area contributed by atoms with E-state index in [4.69, 9.17) is 41.1 Å². The lowest BCUT2D eigenvalue weighted by atomic mass is 9.89. The first-order chi connectivity index (χ1) is 19.5. The molecular weight excluding hydrogens is 635 g/mol. The molecule has 0 bridgehead atoms. The number of nitrogen functional groups attached to an aromatic ring is 1. The third-order valence-corrected chi connectivity index (χ3v) is 10.1. The summed E-state index contributed by atoms with van der Waals surface area (Å²) < 4.78 is 58.5. The summed E-state index contributed by atoms with van der Waals surface area (Å²) in [5.41, 5.74) is 3.21. The van der Waals surface area contributed by atoms with Crippen molar-refractivity contribution in [2.24, 2.45) is 0 Å². The number of aliphatic hydroxyl groups excluding tert-OH is 6. The molecule has 12 atom stereocenters. The maximum atomic E-state index is 15.9. The first kappa shape index (κ1) is 33.3. The van der Waals surface area contributed by atoms with Crippen molar-refractivity contribution in [1.29, 1.82) is 0 Å². The zero-order valence-corrected chi connectivity index (χ0v) is 23.7. The number of phosphoric ester groups is 1. The molecule has 2 aromatic heterocycles. The Balaban J connectivity index is 1.44. The Bertz CT molecular complexity index is 1390. The monoisotopic (exact) mass is 663 g/mol. The van der Waals surface area contributed by atoms with Crippen LogP contribution in [-0.4, -0.2) is 118 Å². The first-order valence-electron chi connectivity index (χ1n) is 11.9. The molecule has 236 valence electrons. The molecule has 22 heteroatoms. The van der Waals surface area contributed by atoms with Crippen LogP contribution < -0.4 is 5.73 Å². The number of phosphoric acid groups is 1. The molecule has 0 amide bonds. The van der Waals surface area contributed by atoms with Crippen LogP contribution in [0.2, 0.25) is 0 Å². The molecular formula is C20H28FN3O15P2S. The number of furan rings is 1. The van der Waals surface area contributed by atoms with Crippen molar-refractivity contribution in [3.63, 3.8) is 0 Å². The number of nitrogens with zero attached hydrogens (tertiary/aromatic N) is 2. The maximum Gasteiger partial charge on any atom is 0.481 e. The van der Waals surface area contributed by atoms with Gasteiger partial charge in [0.25, 0.3) is 0 Å². The highest BCUT2D eigenvalue weighted by atomic mass is 32.5. The first-order valence-corrected chi connectivity index (χ1v) is 16.0. The number of rotatable bonds is 11. The Morgan fingerprint density at radius 3 is 2.55 bits per heavy atom. The van der Waals surface area contributed by atoms with Crippen LogP contribution in [0, 0.1) is 0 Å². The van der Waals surface area contributed by atoms with E-state index in [0.29, 0.717) is 0 Å². The molecule has 0 radical (unpaired) electrons. The predicted octanol–water partition coefficient (Wildman–Crippen LogP) is -1.97. The lowest BCUT2D eigenvalue weighted by Gasteiger charge is -2.41. The molecule has 2 saturated heterocycles. The second kappa shape index (κ2) is 12.4. The van der Waals surface area contributed by atoms with Crippen LogP contribution in [-0.2, 0) is 39.2 Å². The van der Waals surface area contributed by atoms with Crippen molar-refractivity contribution >= 4 is 43.3 Å². The largest absolute Gasteiger partial charge is 0.481 e. The van der Waals surface area contributed by atoms with Crippen LogP contribution in [0.25, 0.3) is 11.1 Å². The molecule has 0 saturated carbocycles. The number of fused-ring (bicyclic) bond motifs is 1. The smallest absolute Gasteiger partial charge is 0.458 e. The van der Waals surface area contributed by atoms with E-state index in [-0.39, 0.29) is 22.5 Å². The lowest BCUT2D eigenvalue weighted by Crippen LogP contribution is -2.61. The van der Waals surface area contributed by atoms with Gasteiger partial charge in [-0.2, -0.15) is 0 Å². The Labute approximate surface area is 240 Å². The highest BCUT2D eigenvalue weighted by molar-refractivity contribution is 8.08. The van der Waals surface area contributed by atoms with Gasteiger partial charge in [0.2, 0.25) is 0 Å². The normalized spacial score (nSPS) is 37.3. The summed E-state index contributed by atoms with van der Waals surface area (Å²) >= 11 is 4.71. The molecule has 2 aliphatic rings. The number of nitrogens with two attached hydrogens (primary N) is 1. The van der Waals surface area contributed by atoms with Crippen LogP contribution in [0.4, 0.5) is 10.2 Å². The molecule has 7 unspecified atom stereocenters. The quantitative estimate of drug-likeness (QED) is 0.0930. The number of halogens is 1. The average Bonchev–Trinajstić information content (AvgIpc) is 3.46. The van der Waals surface area contributed by atoms with Crippen molar-refractivity contribution in [1.82, 2.24) is 9.97 Å². The van der Waals surface area contributed by atoms with Gasteiger partial charge in [0.15, 0.2) is 23.4 Å². The van der Waals surface area contributed by atoms with Crippen LogP contribution in [0.5, 0.6) is 0 Å². The van der Waals surface area contributed by atoms with E-state index in [0.717, 1.165) is 18.7 Å². The van der Waals surface area contributed by atoms with E-state index in [1.54, 1.807) is 0 Å². The minimum atomic E-state index is -5.51. The van der Waals surface area contributed by atoms with Crippen molar-refractivity contribution in [2.45, 2.75) is 60.8 Å². The van der Waals surface area contributed by atoms with Gasteiger partial charge in [-0.25, -0.2) is 23.2 Å². The van der Waals surface area contributed by atoms with Crippen LogP contribution in [0.1, 0.15) is 11.7 Å². The molecule has 2 aliphatic heterocycles. The maximum absolute atomic E-state index is 15.9. The molecule has 0 aliphatic carbocycles. The number of anilines is 1. The SMILES string of the molecule is C=C[C@@]1(F)[C@H](O)[C@@H](COP(O)(=S)OP(=O)(O)OC2OC([C@@H](O)CO)C(O)C(O)C2O)O[C@H]1c1coc2c(N)ncnc12. The highest BCUT2D eigenvalue weighted by Gasteiger charge is 2.57. The summed E-state index contributed by atoms with van der Waals surface area (Å²) in [4.78, 5) is 28.2. The molecule has 18 nitrogen and oxygen atoms in total. The van der Waals surface area contributed by atoms with Crippen molar-refractivity contribution in [2.75, 3.05) is 18.9 Å². The molecule has 0 aromatic carbocycles. The summed E-state index contributed by atoms with van der Waals surface area (Å²) in [6.45, 7) is -3.22. The molecule has 2 aromatic rings. The van der Waals surface area contributed by atoms with Crippen LogP contribution >= 0.6 is 14.5 Å². The Hall–Kier alpha value is -1.55. The predicted molar refractivity (Wildman–Crippen MR) is 138 cm³/mol. The zero-order chi connectivity index (χ0) is 31.2. The minimum absolute atomic E-state index is 0.0268. The fraction of sp³-hybridized carbons (Fsp3) is 0.600. The van der Waals surface area contributed by atoms with Crippen molar-refractivity contribution in [3.8, 4) is 0 Å². The van der Waals surface area contributed by atoms with Gasteiger partial charge in [0.1, 0.15) is 60.7 Å². The van der Waals surface area contributed by atoms with Gasteiger partial charge in [-0.3, -0.25) is 4.52 Å². The summed E-state index contributed by atoms with van der Waals surface area (Å²) in [5.74, 6) is -0.0431. The van der Waals surface area contributed by atoms with Gasteiger partial charge in [-0.15, -0.1) is 0 Å². The van der Waals surface area contributed by atoms with Crippen LogP contribution in [0.3, 0.4) is 0 Å².